The lowest BCUT2D eigenvalue weighted by Crippen LogP contribution is -2.30. The van der Waals surface area contributed by atoms with Crippen molar-refractivity contribution in [3.63, 3.8) is 0 Å². The average Bonchev–Trinajstić information content (AvgIpc) is 3.17. The lowest BCUT2D eigenvalue weighted by molar-refractivity contribution is -0.137. The molecule has 1 aliphatic heterocycles. The predicted octanol–water partition coefficient (Wildman–Crippen LogP) is 6.92. The van der Waals surface area contributed by atoms with Gasteiger partial charge in [-0.2, -0.15) is 13.2 Å². The Morgan fingerprint density at radius 3 is 2.36 bits per heavy atom. The fourth-order valence-corrected chi connectivity index (χ4v) is 3.69. The smallest absolute Gasteiger partial charge is 0.342 e. The highest BCUT2D eigenvalue weighted by Crippen LogP contribution is 2.30. The average molecular weight is 466 g/mol. The summed E-state index contributed by atoms with van der Waals surface area (Å²) in [7, 11) is 0. The number of aryl methyl sites for hydroxylation is 2. The number of hydrogen-bond acceptors (Lipinski definition) is 2. The van der Waals surface area contributed by atoms with Gasteiger partial charge in [-0.1, -0.05) is 46.3 Å². The van der Waals surface area contributed by atoms with Crippen LogP contribution in [0.4, 0.5) is 13.2 Å². The summed E-state index contributed by atoms with van der Waals surface area (Å²) >= 11 is 0. The van der Waals surface area contributed by atoms with E-state index < -0.39 is 11.7 Å². The Bertz CT molecular complexity index is 887. The van der Waals surface area contributed by atoms with Crippen molar-refractivity contribution in [1.29, 1.82) is 0 Å². The molecular formula is C26H38F3N3O. The first-order valence-corrected chi connectivity index (χ1v) is 11.7. The van der Waals surface area contributed by atoms with Crippen molar-refractivity contribution in [2.24, 2.45) is 0 Å². The van der Waals surface area contributed by atoms with Crippen LogP contribution in [0.15, 0.2) is 36.5 Å². The molecule has 0 aliphatic carbocycles. The van der Waals surface area contributed by atoms with Crippen LogP contribution in [0.5, 0.6) is 0 Å². The summed E-state index contributed by atoms with van der Waals surface area (Å²) in [4.78, 5) is 15.8. The number of hydrogen-bond donors (Lipinski definition) is 0. The van der Waals surface area contributed by atoms with E-state index in [2.05, 4.69) is 75.4 Å². The van der Waals surface area contributed by atoms with E-state index in [0.29, 0.717) is 36.7 Å². The van der Waals surface area contributed by atoms with Gasteiger partial charge in [-0.3, -0.25) is 9.78 Å². The summed E-state index contributed by atoms with van der Waals surface area (Å²) in [5.74, 6) is 0. The summed E-state index contributed by atoms with van der Waals surface area (Å²) in [5, 5.41) is 0. The van der Waals surface area contributed by atoms with Crippen LogP contribution in [-0.4, -0.2) is 27.4 Å². The Labute approximate surface area is 196 Å². The number of rotatable bonds is 5. The zero-order valence-electron chi connectivity index (χ0n) is 20.7. The van der Waals surface area contributed by atoms with Gasteiger partial charge in [-0.15, -0.1) is 0 Å². The normalized spacial score (nSPS) is 14.0. The zero-order valence-corrected chi connectivity index (χ0v) is 20.7. The first-order valence-electron chi connectivity index (χ1n) is 11.7. The molecule has 2 aromatic rings. The van der Waals surface area contributed by atoms with Crippen LogP contribution >= 0.6 is 0 Å². The molecule has 184 valence electrons. The van der Waals surface area contributed by atoms with E-state index >= 15 is 0 Å². The maximum absolute atomic E-state index is 12.4. The molecule has 33 heavy (non-hydrogen) atoms. The maximum Gasteiger partial charge on any atom is 0.417 e. The Balaban J connectivity index is 0.000000298. The molecule has 0 N–H and O–H groups in total. The third-order valence-electron chi connectivity index (χ3n) is 5.28. The van der Waals surface area contributed by atoms with Crippen LogP contribution in [0.25, 0.3) is 0 Å². The number of aromatic nitrogens is 2. The van der Waals surface area contributed by atoms with Gasteiger partial charge in [-0.05, 0) is 50.5 Å². The summed E-state index contributed by atoms with van der Waals surface area (Å²) in [6, 6.07) is 6.05. The SMILES string of the molecule is C/C=C\C(CC)n1c(C)ccc1CC.CCC.O=CN1CCc2ncc(C(F)(F)F)cc2C1. The highest BCUT2D eigenvalue weighted by molar-refractivity contribution is 5.48. The van der Waals surface area contributed by atoms with Gasteiger partial charge in [0.2, 0.25) is 6.41 Å². The first-order chi connectivity index (χ1) is 15.7. The van der Waals surface area contributed by atoms with Gasteiger partial charge in [0.05, 0.1) is 11.6 Å². The molecule has 4 nitrogen and oxygen atoms in total. The molecule has 3 heterocycles. The number of allylic oxidation sites excluding steroid dienone is 2. The third kappa shape index (κ3) is 8.37. The standard InChI is InChI=1S/C13H21N.C10H9F3N2O.C3H8/c1-5-8-12(6-2)14-11(4)9-10-13(14)7-3;11-10(12,13)8-3-7-5-15(6-16)2-1-9(7)14-4-8;1-3-2/h5,8-10,12H,6-7H2,1-4H3;3-4,6H,1-2,5H2;3H2,1-2H3/b8-5-;;. The van der Waals surface area contributed by atoms with Crippen LogP contribution < -0.4 is 0 Å². The maximum atomic E-state index is 12.4. The molecule has 1 unspecified atom stereocenters. The lowest BCUT2D eigenvalue weighted by atomic mass is 10.0. The molecular weight excluding hydrogens is 427 g/mol. The molecule has 0 radical (unpaired) electrons. The van der Waals surface area contributed by atoms with E-state index in [4.69, 9.17) is 0 Å². The Hall–Kier alpha value is -2.57. The predicted molar refractivity (Wildman–Crippen MR) is 128 cm³/mol. The van der Waals surface area contributed by atoms with Gasteiger partial charge in [-0.25, -0.2) is 0 Å². The van der Waals surface area contributed by atoms with E-state index in [-0.39, 0.29) is 6.54 Å². The second kappa shape index (κ2) is 13.9. The molecule has 1 amide bonds. The second-order valence-electron chi connectivity index (χ2n) is 8.05. The van der Waals surface area contributed by atoms with Crippen molar-refractivity contribution >= 4 is 6.41 Å². The molecule has 2 aromatic heterocycles. The Kier molecular flexibility index (Phi) is 12.0. The molecule has 0 fully saturated rings. The minimum Gasteiger partial charge on any atom is -0.342 e. The molecule has 1 atom stereocenters. The second-order valence-corrected chi connectivity index (χ2v) is 8.05. The highest BCUT2D eigenvalue weighted by atomic mass is 19.4. The lowest BCUT2D eigenvalue weighted by Gasteiger charge is -2.25. The van der Waals surface area contributed by atoms with E-state index in [9.17, 15) is 18.0 Å². The number of nitrogens with zero attached hydrogens (tertiary/aromatic N) is 3. The summed E-state index contributed by atoms with van der Waals surface area (Å²) < 4.78 is 39.7. The third-order valence-corrected chi connectivity index (χ3v) is 5.28. The first kappa shape index (κ1) is 28.5. The molecule has 0 saturated heterocycles. The number of carbonyl (C=O) groups excluding carboxylic acids is 1. The van der Waals surface area contributed by atoms with E-state index in [1.54, 1.807) is 0 Å². The summed E-state index contributed by atoms with van der Waals surface area (Å²) in [6.45, 7) is 13.7. The number of carbonyl (C=O) groups is 1. The zero-order chi connectivity index (χ0) is 25.0. The molecule has 0 saturated carbocycles. The van der Waals surface area contributed by atoms with Crippen LogP contribution in [0.2, 0.25) is 0 Å². The minimum atomic E-state index is -4.38. The minimum absolute atomic E-state index is 0.204. The summed E-state index contributed by atoms with van der Waals surface area (Å²) in [5.41, 5.74) is 3.16. The van der Waals surface area contributed by atoms with Crippen LogP contribution in [0.1, 0.15) is 81.7 Å². The molecule has 0 spiro atoms. The van der Waals surface area contributed by atoms with Crippen molar-refractivity contribution in [3.8, 4) is 0 Å². The van der Waals surface area contributed by atoms with Gasteiger partial charge < -0.3 is 9.47 Å². The van der Waals surface area contributed by atoms with Gasteiger partial charge in [0.15, 0.2) is 0 Å². The molecule has 0 aromatic carbocycles. The molecule has 1 aliphatic rings. The topological polar surface area (TPSA) is 38.1 Å². The van der Waals surface area contributed by atoms with Crippen LogP contribution in [0.3, 0.4) is 0 Å². The van der Waals surface area contributed by atoms with E-state index in [1.807, 2.05) is 0 Å². The number of fused-ring (bicyclic) bond motifs is 1. The van der Waals surface area contributed by atoms with Crippen molar-refractivity contribution in [2.75, 3.05) is 6.54 Å². The molecule has 3 rings (SSSR count). The van der Waals surface area contributed by atoms with Gasteiger partial charge in [0.1, 0.15) is 0 Å². The van der Waals surface area contributed by atoms with E-state index in [0.717, 1.165) is 25.1 Å². The van der Waals surface area contributed by atoms with Gasteiger partial charge in [0, 0.05) is 42.8 Å². The Morgan fingerprint density at radius 1 is 1.18 bits per heavy atom. The van der Waals surface area contributed by atoms with Crippen molar-refractivity contribution < 1.29 is 18.0 Å². The monoisotopic (exact) mass is 465 g/mol. The van der Waals surface area contributed by atoms with Crippen molar-refractivity contribution in [3.05, 3.63) is 64.8 Å². The van der Waals surface area contributed by atoms with Crippen LogP contribution in [0, 0.1) is 6.92 Å². The fraction of sp³-hybridized carbons (Fsp3) is 0.538. The molecule has 0 bridgehead atoms. The quantitative estimate of drug-likeness (QED) is 0.355. The fourth-order valence-electron chi connectivity index (χ4n) is 3.69. The number of amides is 1. The van der Waals surface area contributed by atoms with Crippen molar-refractivity contribution in [2.45, 2.75) is 86.0 Å². The van der Waals surface area contributed by atoms with Gasteiger partial charge in [0.25, 0.3) is 0 Å². The number of halogens is 3. The van der Waals surface area contributed by atoms with Crippen molar-refractivity contribution in [1.82, 2.24) is 14.5 Å². The number of pyridine rings is 1. The van der Waals surface area contributed by atoms with E-state index in [1.165, 1.54) is 22.7 Å². The summed E-state index contributed by atoms with van der Waals surface area (Å²) in [6.07, 6.45) is 5.56. The van der Waals surface area contributed by atoms with Crippen LogP contribution in [-0.2, 0) is 30.4 Å². The van der Waals surface area contributed by atoms with Gasteiger partial charge >= 0.3 is 6.18 Å². The number of alkyl halides is 3. The largest absolute Gasteiger partial charge is 0.417 e. The Morgan fingerprint density at radius 2 is 1.85 bits per heavy atom. The molecule has 7 heteroatoms. The highest BCUT2D eigenvalue weighted by Gasteiger charge is 2.32.